The van der Waals surface area contributed by atoms with Gasteiger partial charge in [-0.3, -0.25) is 0 Å². The summed E-state index contributed by atoms with van der Waals surface area (Å²) in [7, 11) is 1.64. The van der Waals surface area contributed by atoms with Gasteiger partial charge in [0, 0.05) is 20.1 Å². The Bertz CT molecular complexity index is 401. The van der Waals surface area contributed by atoms with E-state index in [4.69, 9.17) is 0 Å². The number of rotatable bonds is 3. The maximum absolute atomic E-state index is 12.3. The van der Waals surface area contributed by atoms with Gasteiger partial charge in [0.05, 0.1) is 5.56 Å². The number of halogens is 3. The standard InChI is InChI=1S/C12H15F3N2O/c1-3-17(2)11(18)16-8-9-4-6-10(7-5-9)12(13,14)15/h4-7H,3,8H2,1-2H3,(H,16,18). The third-order valence-electron chi connectivity index (χ3n) is 2.55. The molecule has 1 rings (SSSR count). The Labute approximate surface area is 104 Å². The lowest BCUT2D eigenvalue weighted by atomic mass is 10.1. The molecule has 0 aromatic heterocycles. The molecule has 0 atom stereocenters. The van der Waals surface area contributed by atoms with E-state index in [1.807, 2.05) is 6.92 Å². The minimum atomic E-state index is -4.33. The molecule has 0 fully saturated rings. The summed E-state index contributed by atoms with van der Waals surface area (Å²) in [5.74, 6) is 0. The second kappa shape index (κ2) is 5.75. The Kier molecular flexibility index (Phi) is 4.58. The van der Waals surface area contributed by atoms with Crippen LogP contribution in [0.2, 0.25) is 0 Å². The number of benzene rings is 1. The zero-order valence-corrected chi connectivity index (χ0v) is 10.2. The van der Waals surface area contributed by atoms with Crippen molar-refractivity contribution in [1.29, 1.82) is 0 Å². The first-order chi connectivity index (χ1) is 8.34. The molecule has 18 heavy (non-hydrogen) atoms. The molecular formula is C12H15F3N2O. The van der Waals surface area contributed by atoms with Crippen molar-refractivity contribution in [2.45, 2.75) is 19.6 Å². The fourth-order valence-electron chi connectivity index (χ4n) is 1.27. The minimum Gasteiger partial charge on any atom is -0.334 e. The van der Waals surface area contributed by atoms with Crippen molar-refractivity contribution < 1.29 is 18.0 Å². The molecular weight excluding hydrogens is 245 g/mol. The highest BCUT2D eigenvalue weighted by Crippen LogP contribution is 2.28. The molecule has 1 aromatic rings. The van der Waals surface area contributed by atoms with Gasteiger partial charge in [0.1, 0.15) is 0 Å². The number of carbonyl (C=O) groups is 1. The summed E-state index contributed by atoms with van der Waals surface area (Å²) in [4.78, 5) is 12.9. The lowest BCUT2D eigenvalue weighted by Gasteiger charge is -2.15. The van der Waals surface area contributed by atoms with E-state index in [1.54, 1.807) is 7.05 Å². The first-order valence-corrected chi connectivity index (χ1v) is 5.49. The molecule has 100 valence electrons. The molecule has 0 saturated carbocycles. The van der Waals surface area contributed by atoms with Crippen LogP contribution in [-0.4, -0.2) is 24.5 Å². The Morgan fingerprint density at radius 2 is 1.83 bits per heavy atom. The third kappa shape index (κ3) is 3.94. The molecule has 0 spiro atoms. The second-order valence-corrected chi connectivity index (χ2v) is 3.87. The zero-order chi connectivity index (χ0) is 13.8. The van der Waals surface area contributed by atoms with Crippen molar-refractivity contribution in [1.82, 2.24) is 10.2 Å². The molecule has 1 aromatic carbocycles. The SMILES string of the molecule is CCN(C)C(=O)NCc1ccc(C(F)(F)F)cc1. The van der Waals surface area contributed by atoms with Crippen LogP contribution in [0, 0.1) is 0 Å². The maximum atomic E-state index is 12.3. The molecule has 0 radical (unpaired) electrons. The average Bonchev–Trinajstić information content (AvgIpc) is 2.34. The Morgan fingerprint density at radius 1 is 1.28 bits per heavy atom. The van der Waals surface area contributed by atoms with E-state index >= 15 is 0 Å². The number of hydrogen-bond acceptors (Lipinski definition) is 1. The summed E-state index contributed by atoms with van der Waals surface area (Å²) in [6, 6.07) is 4.47. The van der Waals surface area contributed by atoms with Gasteiger partial charge in [-0.05, 0) is 24.6 Å². The number of urea groups is 1. The Morgan fingerprint density at radius 3 is 2.28 bits per heavy atom. The van der Waals surface area contributed by atoms with Gasteiger partial charge in [-0.15, -0.1) is 0 Å². The highest BCUT2D eigenvalue weighted by atomic mass is 19.4. The predicted molar refractivity (Wildman–Crippen MR) is 62.0 cm³/mol. The van der Waals surface area contributed by atoms with E-state index in [9.17, 15) is 18.0 Å². The molecule has 0 aliphatic carbocycles. The normalized spacial score (nSPS) is 11.2. The second-order valence-electron chi connectivity index (χ2n) is 3.87. The first-order valence-electron chi connectivity index (χ1n) is 5.49. The highest BCUT2D eigenvalue weighted by Gasteiger charge is 2.29. The summed E-state index contributed by atoms with van der Waals surface area (Å²) in [5, 5.41) is 2.61. The summed E-state index contributed by atoms with van der Waals surface area (Å²) in [5.41, 5.74) is -0.0656. The largest absolute Gasteiger partial charge is 0.416 e. The van der Waals surface area contributed by atoms with Gasteiger partial charge in [-0.1, -0.05) is 12.1 Å². The van der Waals surface area contributed by atoms with Crippen molar-refractivity contribution >= 4 is 6.03 Å². The van der Waals surface area contributed by atoms with Crippen LogP contribution < -0.4 is 5.32 Å². The zero-order valence-electron chi connectivity index (χ0n) is 10.2. The molecule has 0 unspecified atom stereocenters. The molecule has 6 heteroatoms. The van der Waals surface area contributed by atoms with Crippen LogP contribution in [-0.2, 0) is 12.7 Å². The topological polar surface area (TPSA) is 32.3 Å². The van der Waals surface area contributed by atoms with Gasteiger partial charge in [0.25, 0.3) is 0 Å². The smallest absolute Gasteiger partial charge is 0.334 e. The highest BCUT2D eigenvalue weighted by molar-refractivity contribution is 5.73. The molecule has 0 aliphatic rings. The van der Waals surface area contributed by atoms with Crippen LogP contribution in [0.3, 0.4) is 0 Å². The van der Waals surface area contributed by atoms with Gasteiger partial charge in [-0.25, -0.2) is 4.79 Å². The summed E-state index contributed by atoms with van der Waals surface area (Å²) >= 11 is 0. The average molecular weight is 260 g/mol. The summed E-state index contributed by atoms with van der Waals surface area (Å²) < 4.78 is 36.9. The van der Waals surface area contributed by atoms with Crippen LogP contribution in [0.1, 0.15) is 18.1 Å². The van der Waals surface area contributed by atoms with Gasteiger partial charge in [-0.2, -0.15) is 13.2 Å². The third-order valence-corrected chi connectivity index (χ3v) is 2.55. The fourth-order valence-corrected chi connectivity index (χ4v) is 1.27. The molecule has 0 aliphatic heterocycles. The molecule has 0 heterocycles. The molecule has 0 bridgehead atoms. The van der Waals surface area contributed by atoms with E-state index in [1.165, 1.54) is 17.0 Å². The lowest BCUT2D eigenvalue weighted by Crippen LogP contribution is -2.36. The van der Waals surface area contributed by atoms with E-state index in [0.717, 1.165) is 12.1 Å². The van der Waals surface area contributed by atoms with Gasteiger partial charge < -0.3 is 10.2 Å². The quantitative estimate of drug-likeness (QED) is 0.890. The number of nitrogens with zero attached hydrogens (tertiary/aromatic N) is 1. The van der Waals surface area contributed by atoms with Crippen LogP contribution >= 0.6 is 0 Å². The minimum absolute atomic E-state index is 0.210. The van der Waals surface area contributed by atoms with Gasteiger partial charge in [0.2, 0.25) is 0 Å². The van der Waals surface area contributed by atoms with Crippen molar-refractivity contribution in [3.05, 3.63) is 35.4 Å². The van der Waals surface area contributed by atoms with Crippen molar-refractivity contribution in [2.24, 2.45) is 0 Å². The monoisotopic (exact) mass is 260 g/mol. The van der Waals surface area contributed by atoms with Crippen LogP contribution in [0.4, 0.5) is 18.0 Å². The van der Waals surface area contributed by atoms with Crippen LogP contribution in [0.5, 0.6) is 0 Å². The van der Waals surface area contributed by atoms with Crippen molar-refractivity contribution in [3.8, 4) is 0 Å². The van der Waals surface area contributed by atoms with Gasteiger partial charge in [0.15, 0.2) is 0 Å². The van der Waals surface area contributed by atoms with E-state index in [0.29, 0.717) is 12.1 Å². The number of nitrogens with one attached hydrogen (secondary N) is 1. The van der Waals surface area contributed by atoms with Crippen molar-refractivity contribution in [3.63, 3.8) is 0 Å². The first kappa shape index (κ1) is 14.3. The number of alkyl halides is 3. The number of amides is 2. The van der Waals surface area contributed by atoms with E-state index in [2.05, 4.69) is 5.32 Å². The van der Waals surface area contributed by atoms with E-state index < -0.39 is 11.7 Å². The van der Waals surface area contributed by atoms with E-state index in [-0.39, 0.29) is 12.6 Å². The molecule has 0 saturated heterocycles. The molecule has 2 amide bonds. The fraction of sp³-hybridized carbons (Fsp3) is 0.417. The predicted octanol–water partition coefficient (Wildman–Crippen LogP) is 2.87. The maximum Gasteiger partial charge on any atom is 0.416 e. The molecule has 1 N–H and O–H groups in total. The van der Waals surface area contributed by atoms with Crippen LogP contribution in [0.25, 0.3) is 0 Å². The lowest BCUT2D eigenvalue weighted by molar-refractivity contribution is -0.137. The summed E-state index contributed by atoms with van der Waals surface area (Å²) in [6.45, 7) is 2.61. The van der Waals surface area contributed by atoms with Crippen LogP contribution in [0.15, 0.2) is 24.3 Å². The number of hydrogen-bond donors (Lipinski definition) is 1. The Hall–Kier alpha value is -1.72. The van der Waals surface area contributed by atoms with Crippen molar-refractivity contribution in [2.75, 3.05) is 13.6 Å². The Balaban J connectivity index is 2.57. The van der Waals surface area contributed by atoms with Gasteiger partial charge >= 0.3 is 12.2 Å². The summed E-state index contributed by atoms with van der Waals surface area (Å²) in [6.07, 6.45) is -4.33. The molecule has 3 nitrogen and oxygen atoms in total. The number of carbonyl (C=O) groups excluding carboxylic acids is 1.